The number of hydrogen-bond donors (Lipinski definition) is 3. The second-order valence-corrected chi connectivity index (χ2v) is 5.48. The van der Waals surface area contributed by atoms with E-state index in [1.165, 1.54) is 12.8 Å². The van der Waals surface area contributed by atoms with Gasteiger partial charge in [-0.15, -0.1) is 0 Å². The van der Waals surface area contributed by atoms with Gasteiger partial charge in [0.2, 0.25) is 0 Å². The van der Waals surface area contributed by atoms with Crippen LogP contribution in [0.2, 0.25) is 0 Å². The molecule has 3 rings (SSSR count). The van der Waals surface area contributed by atoms with Crippen molar-refractivity contribution in [3.05, 3.63) is 34.6 Å². The summed E-state index contributed by atoms with van der Waals surface area (Å²) < 4.78 is 1.61. The second kappa shape index (κ2) is 8.44. The van der Waals surface area contributed by atoms with Gasteiger partial charge in [-0.1, -0.05) is 19.8 Å². The van der Waals surface area contributed by atoms with Crippen molar-refractivity contribution in [3.63, 3.8) is 0 Å². The highest BCUT2D eigenvalue weighted by atomic mass is 16.2. The van der Waals surface area contributed by atoms with Crippen molar-refractivity contribution < 1.29 is 5.11 Å². The number of anilines is 2. The van der Waals surface area contributed by atoms with Crippen LogP contribution in [0.15, 0.2) is 29.1 Å². The average molecular weight is 305 g/mol. The van der Waals surface area contributed by atoms with Gasteiger partial charge in [-0.25, -0.2) is 0 Å². The van der Waals surface area contributed by atoms with E-state index in [-0.39, 0.29) is 12.2 Å². The van der Waals surface area contributed by atoms with E-state index in [4.69, 9.17) is 10.8 Å². The minimum atomic E-state index is -0.0309. The largest absolute Gasteiger partial charge is 0.399 e. The molecule has 4 N–H and O–H groups in total. The third kappa shape index (κ3) is 5.07. The van der Waals surface area contributed by atoms with Crippen LogP contribution >= 0.6 is 0 Å². The first kappa shape index (κ1) is 18.0. The molecule has 1 aromatic carbocycles. The zero-order valence-corrected chi connectivity index (χ0v) is 13.9. The number of aryl methyl sites for hydroxylation is 1. The number of nitrogens with two attached hydrogens (primary N) is 1. The number of nitrogens with zero attached hydrogens (tertiary/aromatic N) is 1. The van der Waals surface area contributed by atoms with E-state index in [1.807, 2.05) is 12.1 Å². The van der Waals surface area contributed by atoms with Crippen LogP contribution in [-0.2, 0) is 7.05 Å². The molecular formula is C17H27N3O2. The number of aliphatic hydroxyl groups is 1. The van der Waals surface area contributed by atoms with E-state index in [1.54, 1.807) is 37.7 Å². The maximum Gasteiger partial charge on any atom is 0.252 e. The Morgan fingerprint density at radius 1 is 1.36 bits per heavy atom. The Bertz CT molecular complexity index is 661. The van der Waals surface area contributed by atoms with Gasteiger partial charge in [0, 0.05) is 43.5 Å². The first-order chi connectivity index (χ1) is 10.4. The lowest BCUT2D eigenvalue weighted by atomic mass is 10.1. The predicted molar refractivity (Wildman–Crippen MR) is 94.3 cm³/mol. The summed E-state index contributed by atoms with van der Waals surface area (Å²) in [6.07, 6.45) is 2.97. The van der Waals surface area contributed by atoms with Gasteiger partial charge in [-0.05, 0) is 31.0 Å². The fourth-order valence-electron chi connectivity index (χ4n) is 1.85. The molecule has 0 spiro atoms. The molecule has 1 saturated carbocycles. The van der Waals surface area contributed by atoms with Gasteiger partial charge in [-0.2, -0.15) is 0 Å². The van der Waals surface area contributed by atoms with Crippen LogP contribution in [0, 0.1) is 5.92 Å². The maximum absolute atomic E-state index is 11.6. The minimum absolute atomic E-state index is 0.0309. The van der Waals surface area contributed by atoms with Gasteiger partial charge in [0.05, 0.1) is 5.52 Å². The summed E-state index contributed by atoms with van der Waals surface area (Å²) in [6, 6.07) is 7.08. The monoisotopic (exact) mass is 305 g/mol. The van der Waals surface area contributed by atoms with Gasteiger partial charge >= 0.3 is 0 Å². The third-order valence-corrected chi connectivity index (χ3v) is 3.41. The molecule has 0 amide bonds. The SMILES string of the molecule is CC1CC1.CCO.CNc1cc(=O)n(C)c2ccc(N)cc12. The van der Waals surface area contributed by atoms with Crippen LogP contribution in [-0.4, -0.2) is 23.3 Å². The molecule has 2 aromatic rings. The zero-order valence-electron chi connectivity index (χ0n) is 13.9. The molecule has 0 unspecified atom stereocenters. The highest BCUT2D eigenvalue weighted by Crippen LogP contribution is 2.26. The third-order valence-electron chi connectivity index (χ3n) is 3.41. The average Bonchev–Trinajstić information content (AvgIpc) is 3.26. The van der Waals surface area contributed by atoms with Gasteiger partial charge in [0.25, 0.3) is 5.56 Å². The van der Waals surface area contributed by atoms with Crippen molar-refractivity contribution in [3.8, 4) is 0 Å². The Hall–Kier alpha value is -2.01. The molecule has 0 atom stereocenters. The van der Waals surface area contributed by atoms with Crippen molar-refractivity contribution in [1.29, 1.82) is 0 Å². The van der Waals surface area contributed by atoms with Gasteiger partial charge in [-0.3, -0.25) is 4.79 Å². The van der Waals surface area contributed by atoms with Gasteiger partial charge in [0.15, 0.2) is 0 Å². The molecular weight excluding hydrogens is 278 g/mol. The van der Waals surface area contributed by atoms with Crippen LogP contribution in [0.1, 0.15) is 26.7 Å². The van der Waals surface area contributed by atoms with Crippen LogP contribution in [0.25, 0.3) is 10.9 Å². The van der Waals surface area contributed by atoms with E-state index < -0.39 is 0 Å². The van der Waals surface area contributed by atoms with Crippen LogP contribution in [0.3, 0.4) is 0 Å². The smallest absolute Gasteiger partial charge is 0.252 e. The quantitative estimate of drug-likeness (QED) is 0.707. The first-order valence-electron chi connectivity index (χ1n) is 7.62. The number of pyridine rings is 1. The first-order valence-corrected chi connectivity index (χ1v) is 7.62. The summed E-state index contributed by atoms with van der Waals surface area (Å²) in [5, 5.41) is 11.5. The Morgan fingerprint density at radius 3 is 2.36 bits per heavy atom. The number of hydrogen-bond acceptors (Lipinski definition) is 4. The minimum Gasteiger partial charge on any atom is -0.399 e. The van der Waals surface area contributed by atoms with E-state index in [0.29, 0.717) is 5.69 Å². The molecule has 22 heavy (non-hydrogen) atoms. The topological polar surface area (TPSA) is 80.3 Å². The molecule has 5 nitrogen and oxygen atoms in total. The molecule has 0 saturated heterocycles. The summed E-state index contributed by atoms with van der Waals surface area (Å²) in [7, 11) is 3.54. The molecule has 5 heteroatoms. The summed E-state index contributed by atoms with van der Waals surface area (Å²) in [6.45, 7) is 4.21. The lowest BCUT2D eigenvalue weighted by Gasteiger charge is -2.10. The summed E-state index contributed by atoms with van der Waals surface area (Å²) in [5.41, 5.74) is 8.06. The fourth-order valence-corrected chi connectivity index (χ4v) is 1.85. The fraction of sp³-hybridized carbons (Fsp3) is 0.471. The predicted octanol–water partition coefficient (Wildman–Crippen LogP) is 2.58. The second-order valence-electron chi connectivity index (χ2n) is 5.48. The molecule has 0 aliphatic heterocycles. The van der Waals surface area contributed by atoms with Crippen LogP contribution < -0.4 is 16.6 Å². The number of nitrogens with one attached hydrogen (secondary N) is 1. The van der Waals surface area contributed by atoms with Crippen LogP contribution in [0.5, 0.6) is 0 Å². The Morgan fingerprint density at radius 2 is 1.91 bits per heavy atom. The number of nitrogen functional groups attached to an aromatic ring is 1. The summed E-state index contributed by atoms with van der Waals surface area (Å²) >= 11 is 0. The highest BCUT2D eigenvalue weighted by Gasteiger charge is 2.12. The number of fused-ring (bicyclic) bond motifs is 1. The van der Waals surface area contributed by atoms with E-state index in [0.717, 1.165) is 22.5 Å². The normalized spacial score (nSPS) is 12.8. The van der Waals surface area contributed by atoms with Crippen molar-refractivity contribution in [2.45, 2.75) is 26.7 Å². The number of aliphatic hydroxyl groups excluding tert-OH is 1. The van der Waals surface area contributed by atoms with Crippen molar-refractivity contribution in [1.82, 2.24) is 4.57 Å². The lowest BCUT2D eigenvalue weighted by molar-refractivity contribution is 0.318. The number of rotatable bonds is 1. The van der Waals surface area contributed by atoms with Crippen LogP contribution in [0.4, 0.5) is 11.4 Å². The van der Waals surface area contributed by atoms with Gasteiger partial charge in [0.1, 0.15) is 0 Å². The maximum atomic E-state index is 11.6. The molecule has 0 radical (unpaired) electrons. The standard InChI is InChI=1S/C11H13N3O.C4H8.C2H6O/c1-13-9-6-11(15)14(2)10-4-3-7(12)5-8(9)10;1-4-2-3-4;1-2-3/h3-6,13H,12H2,1-2H3;4H,2-3H2,1H3;3H,2H2,1H3. The highest BCUT2D eigenvalue weighted by molar-refractivity contribution is 5.93. The van der Waals surface area contributed by atoms with Gasteiger partial charge < -0.3 is 20.7 Å². The van der Waals surface area contributed by atoms with E-state index in [2.05, 4.69) is 12.2 Å². The molecule has 1 aliphatic carbocycles. The molecule has 1 fully saturated rings. The molecule has 1 aromatic heterocycles. The summed E-state index contributed by atoms with van der Waals surface area (Å²) in [4.78, 5) is 11.6. The van der Waals surface area contributed by atoms with E-state index in [9.17, 15) is 4.79 Å². The van der Waals surface area contributed by atoms with Crippen molar-refractivity contribution in [2.24, 2.45) is 13.0 Å². The zero-order chi connectivity index (χ0) is 16.7. The molecule has 1 aliphatic rings. The summed E-state index contributed by atoms with van der Waals surface area (Å²) in [5.74, 6) is 1.08. The van der Waals surface area contributed by atoms with Crippen molar-refractivity contribution >= 4 is 22.3 Å². The Kier molecular flexibility index (Phi) is 6.92. The Labute approximate surface area is 131 Å². The lowest BCUT2D eigenvalue weighted by Crippen LogP contribution is -2.16. The number of aromatic nitrogens is 1. The number of benzene rings is 1. The molecule has 122 valence electrons. The molecule has 1 heterocycles. The van der Waals surface area contributed by atoms with Crippen molar-refractivity contribution in [2.75, 3.05) is 24.7 Å². The van der Waals surface area contributed by atoms with E-state index >= 15 is 0 Å². The molecule has 0 bridgehead atoms. The Balaban J connectivity index is 0.000000287.